The molecule has 0 aliphatic carbocycles. The Morgan fingerprint density at radius 3 is 2.72 bits per heavy atom. The highest BCUT2D eigenvalue weighted by Crippen LogP contribution is 2.15. The van der Waals surface area contributed by atoms with Gasteiger partial charge in [-0.15, -0.1) is 0 Å². The van der Waals surface area contributed by atoms with E-state index in [0.29, 0.717) is 6.54 Å². The number of amides is 2. The zero-order chi connectivity index (χ0) is 13.0. The SMILES string of the molecule is CC(=O)NC1CCCN(C(=O)[C@@H]2CCCCN2)C1. The van der Waals surface area contributed by atoms with Crippen molar-refractivity contribution >= 4 is 11.8 Å². The van der Waals surface area contributed by atoms with Gasteiger partial charge in [-0.2, -0.15) is 0 Å². The van der Waals surface area contributed by atoms with E-state index in [0.717, 1.165) is 45.2 Å². The van der Waals surface area contributed by atoms with Gasteiger partial charge < -0.3 is 15.5 Å². The Balaban J connectivity index is 1.87. The van der Waals surface area contributed by atoms with E-state index in [1.807, 2.05) is 4.90 Å². The number of likely N-dealkylation sites (tertiary alicyclic amines) is 1. The molecule has 2 N–H and O–H groups in total. The van der Waals surface area contributed by atoms with Gasteiger partial charge in [-0.25, -0.2) is 0 Å². The van der Waals surface area contributed by atoms with Gasteiger partial charge in [-0.3, -0.25) is 9.59 Å². The van der Waals surface area contributed by atoms with E-state index in [4.69, 9.17) is 0 Å². The molecule has 0 radical (unpaired) electrons. The fraction of sp³-hybridized carbons (Fsp3) is 0.846. The van der Waals surface area contributed by atoms with Crippen molar-refractivity contribution in [3.63, 3.8) is 0 Å². The minimum atomic E-state index is -0.00918. The van der Waals surface area contributed by atoms with Crippen molar-refractivity contribution in [2.75, 3.05) is 19.6 Å². The van der Waals surface area contributed by atoms with Gasteiger partial charge in [0.25, 0.3) is 0 Å². The second-order valence-corrected chi connectivity index (χ2v) is 5.33. The minimum Gasteiger partial charge on any atom is -0.352 e. The van der Waals surface area contributed by atoms with Crippen molar-refractivity contribution in [2.24, 2.45) is 0 Å². The number of rotatable bonds is 2. The van der Waals surface area contributed by atoms with E-state index in [1.165, 1.54) is 6.92 Å². The van der Waals surface area contributed by atoms with Crippen LogP contribution in [0.1, 0.15) is 39.0 Å². The highest BCUT2D eigenvalue weighted by atomic mass is 16.2. The van der Waals surface area contributed by atoms with Gasteiger partial charge in [0.2, 0.25) is 11.8 Å². The van der Waals surface area contributed by atoms with Crippen molar-refractivity contribution in [1.29, 1.82) is 0 Å². The van der Waals surface area contributed by atoms with Crippen LogP contribution in [-0.4, -0.2) is 48.4 Å². The molecule has 0 bridgehead atoms. The normalized spacial score (nSPS) is 28.8. The molecule has 2 fully saturated rings. The van der Waals surface area contributed by atoms with Gasteiger partial charge >= 0.3 is 0 Å². The summed E-state index contributed by atoms with van der Waals surface area (Å²) >= 11 is 0. The molecule has 1 unspecified atom stereocenters. The third-order valence-electron chi connectivity index (χ3n) is 3.75. The summed E-state index contributed by atoms with van der Waals surface area (Å²) in [7, 11) is 0. The van der Waals surface area contributed by atoms with Crippen LogP contribution in [0.3, 0.4) is 0 Å². The predicted molar refractivity (Wildman–Crippen MR) is 69.1 cm³/mol. The second kappa shape index (κ2) is 6.18. The molecule has 2 aliphatic rings. The fourth-order valence-electron chi connectivity index (χ4n) is 2.87. The molecular weight excluding hydrogens is 230 g/mol. The number of carbonyl (C=O) groups is 2. The summed E-state index contributed by atoms with van der Waals surface area (Å²) in [6.45, 7) is 3.96. The maximum Gasteiger partial charge on any atom is 0.239 e. The van der Waals surface area contributed by atoms with E-state index in [-0.39, 0.29) is 23.9 Å². The van der Waals surface area contributed by atoms with E-state index in [2.05, 4.69) is 10.6 Å². The Labute approximate surface area is 108 Å². The molecule has 0 aromatic rings. The standard InChI is InChI=1S/C13H23N3O2/c1-10(17)15-11-5-4-8-16(9-11)13(18)12-6-2-3-7-14-12/h11-12,14H,2-9H2,1H3,(H,15,17)/t11?,12-/m0/s1. The molecule has 0 aromatic heterocycles. The van der Waals surface area contributed by atoms with Crippen LogP contribution in [0.5, 0.6) is 0 Å². The van der Waals surface area contributed by atoms with E-state index >= 15 is 0 Å². The molecule has 2 amide bonds. The molecule has 2 saturated heterocycles. The average molecular weight is 253 g/mol. The highest BCUT2D eigenvalue weighted by molar-refractivity contribution is 5.82. The van der Waals surface area contributed by atoms with Crippen LogP contribution in [0.25, 0.3) is 0 Å². The molecular formula is C13H23N3O2. The van der Waals surface area contributed by atoms with Crippen molar-refractivity contribution in [3.8, 4) is 0 Å². The summed E-state index contributed by atoms with van der Waals surface area (Å²) in [6, 6.07) is 0.124. The fourth-order valence-corrected chi connectivity index (χ4v) is 2.87. The Hall–Kier alpha value is -1.10. The van der Waals surface area contributed by atoms with E-state index in [1.54, 1.807) is 0 Å². The van der Waals surface area contributed by atoms with Crippen LogP contribution in [-0.2, 0) is 9.59 Å². The first-order valence-corrected chi connectivity index (χ1v) is 6.96. The minimum absolute atomic E-state index is 0.00479. The summed E-state index contributed by atoms with van der Waals surface area (Å²) in [6.07, 6.45) is 5.19. The summed E-state index contributed by atoms with van der Waals surface area (Å²) in [5, 5.41) is 6.21. The number of carbonyl (C=O) groups excluding carboxylic acids is 2. The first-order valence-electron chi connectivity index (χ1n) is 6.96. The molecule has 5 heteroatoms. The summed E-state index contributed by atoms with van der Waals surface area (Å²) in [5.74, 6) is 0.204. The molecule has 2 aliphatic heterocycles. The number of piperidine rings is 2. The zero-order valence-corrected chi connectivity index (χ0v) is 11.1. The van der Waals surface area contributed by atoms with Crippen LogP contribution in [0.4, 0.5) is 0 Å². The lowest BCUT2D eigenvalue weighted by Crippen LogP contribution is -2.54. The Kier molecular flexibility index (Phi) is 4.58. The summed E-state index contributed by atoms with van der Waals surface area (Å²) in [4.78, 5) is 25.3. The second-order valence-electron chi connectivity index (χ2n) is 5.33. The molecule has 2 heterocycles. The predicted octanol–water partition coefficient (Wildman–Crippen LogP) is 0.256. The van der Waals surface area contributed by atoms with Gasteiger partial charge in [0.05, 0.1) is 6.04 Å². The average Bonchev–Trinajstić information content (AvgIpc) is 2.38. The van der Waals surface area contributed by atoms with Crippen molar-refractivity contribution in [2.45, 2.75) is 51.1 Å². The largest absolute Gasteiger partial charge is 0.352 e. The molecule has 5 nitrogen and oxygen atoms in total. The number of hydrogen-bond donors (Lipinski definition) is 2. The lowest BCUT2D eigenvalue weighted by molar-refractivity contribution is -0.136. The first-order chi connectivity index (χ1) is 8.66. The third kappa shape index (κ3) is 3.45. The van der Waals surface area contributed by atoms with Gasteiger partial charge in [0, 0.05) is 26.1 Å². The van der Waals surface area contributed by atoms with Crippen LogP contribution >= 0.6 is 0 Å². The summed E-state index contributed by atoms with van der Waals surface area (Å²) in [5.41, 5.74) is 0. The smallest absolute Gasteiger partial charge is 0.239 e. The van der Waals surface area contributed by atoms with Crippen molar-refractivity contribution in [3.05, 3.63) is 0 Å². The van der Waals surface area contributed by atoms with E-state index in [9.17, 15) is 9.59 Å². The highest BCUT2D eigenvalue weighted by Gasteiger charge is 2.29. The first kappa shape index (κ1) is 13.3. The van der Waals surface area contributed by atoms with Crippen molar-refractivity contribution in [1.82, 2.24) is 15.5 Å². The maximum absolute atomic E-state index is 12.3. The van der Waals surface area contributed by atoms with E-state index < -0.39 is 0 Å². The number of nitrogens with zero attached hydrogens (tertiary/aromatic N) is 1. The third-order valence-corrected chi connectivity index (χ3v) is 3.75. The molecule has 2 rings (SSSR count). The number of hydrogen-bond acceptors (Lipinski definition) is 3. The topological polar surface area (TPSA) is 61.4 Å². The van der Waals surface area contributed by atoms with Gasteiger partial charge in [-0.1, -0.05) is 6.42 Å². The van der Waals surface area contributed by atoms with Crippen LogP contribution < -0.4 is 10.6 Å². The Morgan fingerprint density at radius 2 is 2.06 bits per heavy atom. The summed E-state index contributed by atoms with van der Waals surface area (Å²) < 4.78 is 0. The Morgan fingerprint density at radius 1 is 1.22 bits per heavy atom. The maximum atomic E-state index is 12.3. The van der Waals surface area contributed by atoms with Gasteiger partial charge in [0.15, 0.2) is 0 Å². The number of nitrogens with one attached hydrogen (secondary N) is 2. The molecule has 102 valence electrons. The molecule has 0 spiro atoms. The van der Waals surface area contributed by atoms with Crippen LogP contribution in [0, 0.1) is 0 Å². The monoisotopic (exact) mass is 253 g/mol. The lowest BCUT2D eigenvalue weighted by Gasteiger charge is -2.36. The quantitative estimate of drug-likeness (QED) is 0.742. The molecule has 2 atom stereocenters. The molecule has 18 heavy (non-hydrogen) atoms. The molecule has 0 aromatic carbocycles. The zero-order valence-electron chi connectivity index (χ0n) is 11.1. The van der Waals surface area contributed by atoms with Gasteiger partial charge in [-0.05, 0) is 32.2 Å². The Bertz CT molecular complexity index is 313. The van der Waals surface area contributed by atoms with Crippen LogP contribution in [0.15, 0.2) is 0 Å². The molecule has 0 saturated carbocycles. The van der Waals surface area contributed by atoms with Crippen molar-refractivity contribution < 1.29 is 9.59 Å². The van der Waals surface area contributed by atoms with Crippen LogP contribution in [0.2, 0.25) is 0 Å². The lowest BCUT2D eigenvalue weighted by atomic mass is 10.0. The van der Waals surface area contributed by atoms with Gasteiger partial charge in [0.1, 0.15) is 0 Å².